The average Bonchev–Trinajstić information content (AvgIpc) is 2.54. The van der Waals surface area contributed by atoms with Gasteiger partial charge in [-0.15, -0.1) is 0 Å². The Labute approximate surface area is 147 Å². The molecule has 0 amide bonds. The number of hydrogen-bond donors (Lipinski definition) is 0. The van der Waals surface area contributed by atoms with Gasteiger partial charge in [-0.2, -0.15) is 0 Å². The number of halogens is 1. The molecule has 130 valence electrons. The van der Waals surface area contributed by atoms with Gasteiger partial charge < -0.3 is 0 Å². The Bertz CT molecular complexity index is 507. The zero-order chi connectivity index (χ0) is 17.7. The summed E-state index contributed by atoms with van der Waals surface area (Å²) in [5.74, 6) is -0.618. The van der Waals surface area contributed by atoms with Crippen LogP contribution in [0.2, 0.25) is 0 Å². The molecule has 0 saturated heterocycles. The molecular weight excluding hydrogens is 407 g/mol. The summed E-state index contributed by atoms with van der Waals surface area (Å²) in [6.45, 7) is 11.2. The number of benzene rings is 1. The van der Waals surface area contributed by atoms with Crippen LogP contribution in [0.5, 0.6) is 0 Å². The predicted octanol–water partition coefficient (Wildman–Crippen LogP) is 5.15. The fourth-order valence-corrected chi connectivity index (χ4v) is 4.77. The summed E-state index contributed by atoms with van der Waals surface area (Å²) in [5, 5.41) is 0. The Morgan fingerprint density at radius 2 is 1.26 bits per heavy atom. The molecule has 0 aliphatic rings. The van der Waals surface area contributed by atoms with Crippen LogP contribution in [0.4, 0.5) is 0 Å². The van der Waals surface area contributed by atoms with Crippen LogP contribution >= 0.6 is 20.6 Å². The molecule has 1 rings (SSSR count). The molecular formula is C18H27IO4. The Kier molecular flexibility index (Phi) is 7.04. The van der Waals surface area contributed by atoms with Gasteiger partial charge in [0.1, 0.15) is 0 Å². The minimum absolute atomic E-state index is 0.309. The van der Waals surface area contributed by atoms with Crippen LogP contribution in [0.1, 0.15) is 54.4 Å². The molecule has 0 unspecified atom stereocenters. The van der Waals surface area contributed by atoms with Crippen molar-refractivity contribution >= 4 is 32.6 Å². The molecule has 0 saturated carbocycles. The van der Waals surface area contributed by atoms with Crippen LogP contribution in [-0.4, -0.2) is 11.9 Å². The van der Waals surface area contributed by atoms with Crippen molar-refractivity contribution in [1.29, 1.82) is 0 Å². The fourth-order valence-electron chi connectivity index (χ4n) is 1.25. The molecule has 5 heteroatoms. The summed E-state index contributed by atoms with van der Waals surface area (Å²) in [4.78, 5) is 24.8. The second-order valence-corrected chi connectivity index (χ2v) is 10.1. The zero-order valence-corrected chi connectivity index (χ0v) is 17.0. The van der Waals surface area contributed by atoms with E-state index in [1.165, 1.54) is 0 Å². The fraction of sp³-hybridized carbons (Fsp3) is 0.556. The van der Waals surface area contributed by atoms with E-state index in [0.717, 1.165) is 3.57 Å². The topological polar surface area (TPSA) is 52.6 Å². The van der Waals surface area contributed by atoms with Gasteiger partial charge in [-0.05, 0) is 0 Å². The molecule has 23 heavy (non-hydrogen) atoms. The molecule has 0 spiro atoms. The van der Waals surface area contributed by atoms with E-state index in [4.69, 9.17) is 6.13 Å². The molecule has 0 heterocycles. The molecule has 1 aromatic carbocycles. The predicted molar refractivity (Wildman–Crippen MR) is 99.5 cm³/mol. The molecule has 1 aromatic rings. The Morgan fingerprint density at radius 1 is 0.870 bits per heavy atom. The molecule has 0 aliphatic heterocycles. The van der Waals surface area contributed by atoms with E-state index in [1.54, 1.807) is 0 Å². The van der Waals surface area contributed by atoms with Gasteiger partial charge in [-0.3, -0.25) is 0 Å². The van der Waals surface area contributed by atoms with E-state index in [0.29, 0.717) is 12.8 Å². The maximum absolute atomic E-state index is 12.4. The van der Waals surface area contributed by atoms with E-state index >= 15 is 0 Å². The summed E-state index contributed by atoms with van der Waals surface area (Å²) in [6, 6.07) is 9.30. The van der Waals surface area contributed by atoms with Crippen LogP contribution in [-0.2, 0) is 15.7 Å². The second-order valence-electron chi connectivity index (χ2n) is 6.72. The average molecular weight is 434 g/mol. The van der Waals surface area contributed by atoms with Gasteiger partial charge in [-0.25, -0.2) is 0 Å². The Hall–Kier alpha value is -1.11. The third-order valence-corrected chi connectivity index (χ3v) is 7.40. The molecule has 0 N–H and O–H groups in total. The molecule has 0 bridgehead atoms. The van der Waals surface area contributed by atoms with E-state index < -0.39 is 31.5 Å². The second kappa shape index (κ2) is 8.13. The zero-order valence-electron chi connectivity index (χ0n) is 14.8. The van der Waals surface area contributed by atoms with Crippen molar-refractivity contribution in [1.82, 2.24) is 0 Å². The van der Waals surface area contributed by atoms with E-state index in [1.807, 2.05) is 71.9 Å². The van der Waals surface area contributed by atoms with Crippen LogP contribution in [0, 0.1) is 14.4 Å². The minimum atomic E-state index is -2.84. The van der Waals surface area contributed by atoms with E-state index in [2.05, 4.69) is 0 Å². The number of carbonyl (C=O) groups is 2. The summed E-state index contributed by atoms with van der Waals surface area (Å²) in [7, 11) is 0. The standard InChI is InChI=1S/C18H27IO4/c1-7-17(3,4)15(20)22-19(14-12-10-9-11-13-14)23-16(21)18(5,6)8-2/h9-13H,7-8H2,1-6H3. The maximum atomic E-state index is 12.4. The van der Waals surface area contributed by atoms with Crippen molar-refractivity contribution in [3.05, 3.63) is 33.9 Å². The van der Waals surface area contributed by atoms with Gasteiger partial charge >= 0.3 is 147 Å². The molecule has 0 radical (unpaired) electrons. The summed E-state index contributed by atoms with van der Waals surface area (Å²) in [5.41, 5.74) is -1.17. The van der Waals surface area contributed by atoms with Crippen molar-refractivity contribution < 1.29 is 15.7 Å². The van der Waals surface area contributed by atoms with Crippen molar-refractivity contribution in [2.24, 2.45) is 10.8 Å². The van der Waals surface area contributed by atoms with Gasteiger partial charge in [0.15, 0.2) is 0 Å². The van der Waals surface area contributed by atoms with Crippen LogP contribution < -0.4 is 0 Å². The van der Waals surface area contributed by atoms with Crippen molar-refractivity contribution in [2.75, 3.05) is 0 Å². The van der Waals surface area contributed by atoms with Gasteiger partial charge in [0.05, 0.1) is 0 Å². The van der Waals surface area contributed by atoms with Crippen LogP contribution in [0.15, 0.2) is 30.3 Å². The van der Waals surface area contributed by atoms with Gasteiger partial charge in [0.25, 0.3) is 0 Å². The van der Waals surface area contributed by atoms with Crippen molar-refractivity contribution in [2.45, 2.75) is 54.4 Å². The van der Waals surface area contributed by atoms with Crippen LogP contribution in [0.25, 0.3) is 0 Å². The number of carbonyl (C=O) groups excluding carboxylic acids is 2. The number of hydrogen-bond acceptors (Lipinski definition) is 4. The summed E-state index contributed by atoms with van der Waals surface area (Å²) >= 11 is -2.84. The monoisotopic (exact) mass is 434 g/mol. The van der Waals surface area contributed by atoms with Crippen LogP contribution in [0.3, 0.4) is 0 Å². The SMILES string of the molecule is CCC(C)(C)C(=O)OI(OC(=O)C(C)(C)CC)c1ccccc1. The molecule has 0 atom stereocenters. The van der Waals surface area contributed by atoms with Crippen molar-refractivity contribution in [3.8, 4) is 0 Å². The quantitative estimate of drug-likeness (QED) is 0.557. The first-order valence-corrected chi connectivity index (χ1v) is 10.7. The summed E-state index contributed by atoms with van der Waals surface area (Å²) in [6.07, 6.45) is 1.33. The Balaban J connectivity index is 3.00. The van der Waals surface area contributed by atoms with Gasteiger partial charge in [0.2, 0.25) is 0 Å². The summed E-state index contributed by atoms with van der Waals surface area (Å²) < 4.78 is 12.2. The van der Waals surface area contributed by atoms with Gasteiger partial charge in [-0.1, -0.05) is 0 Å². The van der Waals surface area contributed by atoms with Gasteiger partial charge in [0, 0.05) is 0 Å². The van der Waals surface area contributed by atoms with E-state index in [-0.39, 0.29) is 11.9 Å². The molecule has 0 fully saturated rings. The molecule has 0 aliphatic carbocycles. The Morgan fingerprint density at radius 3 is 1.61 bits per heavy atom. The molecule has 4 nitrogen and oxygen atoms in total. The normalized spacial score (nSPS) is 12.5. The first-order valence-electron chi connectivity index (χ1n) is 7.85. The van der Waals surface area contributed by atoms with Crippen molar-refractivity contribution in [3.63, 3.8) is 0 Å². The number of rotatable bonds is 7. The molecule has 0 aromatic heterocycles. The third kappa shape index (κ3) is 5.48. The van der Waals surface area contributed by atoms with E-state index in [9.17, 15) is 9.59 Å². The first-order chi connectivity index (χ1) is 10.6. The third-order valence-electron chi connectivity index (χ3n) is 4.06. The first kappa shape index (κ1) is 19.9.